The molecule has 2 aromatic rings. The summed E-state index contributed by atoms with van der Waals surface area (Å²) in [6.07, 6.45) is 2.22. The van der Waals surface area contributed by atoms with E-state index < -0.39 is 0 Å². The number of halogens is 1. The average molecular weight is 408 g/mol. The topological polar surface area (TPSA) is 78.4 Å². The van der Waals surface area contributed by atoms with Crippen molar-refractivity contribution in [2.24, 2.45) is 5.92 Å². The Bertz CT molecular complexity index is 808. The lowest BCUT2D eigenvalue weighted by molar-refractivity contribution is -0.121. The van der Waals surface area contributed by atoms with Gasteiger partial charge in [-0.05, 0) is 30.5 Å². The first-order chi connectivity index (χ1) is 12.9. The second-order valence-corrected chi connectivity index (χ2v) is 8.25. The lowest BCUT2D eigenvalue weighted by Gasteiger charge is -2.33. The van der Waals surface area contributed by atoms with E-state index in [9.17, 15) is 9.59 Å². The summed E-state index contributed by atoms with van der Waals surface area (Å²) in [7, 11) is 3.44. The van der Waals surface area contributed by atoms with Gasteiger partial charge in [0.1, 0.15) is 5.01 Å². The fourth-order valence-electron chi connectivity index (χ4n) is 3.01. The second kappa shape index (κ2) is 8.67. The summed E-state index contributed by atoms with van der Waals surface area (Å²) in [6.45, 7) is 1.12. The predicted molar refractivity (Wildman–Crippen MR) is 106 cm³/mol. The largest absolute Gasteiger partial charge is 0.331 e. The van der Waals surface area contributed by atoms with Crippen LogP contribution in [0.4, 0.5) is 9.93 Å². The third-order valence-corrected chi connectivity index (χ3v) is 5.50. The van der Waals surface area contributed by atoms with E-state index in [0.29, 0.717) is 29.7 Å². The van der Waals surface area contributed by atoms with Gasteiger partial charge in [0.2, 0.25) is 11.0 Å². The number of carbonyl (C=O) groups excluding carboxylic acids is 2. The van der Waals surface area contributed by atoms with E-state index in [0.717, 1.165) is 23.4 Å². The molecule has 0 spiro atoms. The van der Waals surface area contributed by atoms with E-state index in [1.54, 1.807) is 19.0 Å². The van der Waals surface area contributed by atoms with Crippen molar-refractivity contribution in [1.82, 2.24) is 20.0 Å². The lowest BCUT2D eigenvalue weighted by Crippen LogP contribution is -2.47. The number of hydrogen-bond donors (Lipinski definition) is 1. The first-order valence-corrected chi connectivity index (χ1v) is 9.95. The van der Waals surface area contributed by atoms with E-state index in [1.807, 2.05) is 24.3 Å². The van der Waals surface area contributed by atoms with Gasteiger partial charge < -0.3 is 15.1 Å². The molecule has 144 valence electrons. The highest BCUT2D eigenvalue weighted by Crippen LogP contribution is 2.23. The Kier molecular flexibility index (Phi) is 6.28. The zero-order valence-corrected chi connectivity index (χ0v) is 16.9. The number of likely N-dealkylation sites (tertiary alicyclic amines) is 1. The van der Waals surface area contributed by atoms with Crippen LogP contribution in [0.25, 0.3) is 0 Å². The molecule has 7 nitrogen and oxygen atoms in total. The van der Waals surface area contributed by atoms with Gasteiger partial charge in [-0.15, -0.1) is 10.2 Å². The van der Waals surface area contributed by atoms with Gasteiger partial charge in [-0.25, -0.2) is 4.79 Å². The van der Waals surface area contributed by atoms with Crippen molar-refractivity contribution in [2.45, 2.75) is 19.3 Å². The third kappa shape index (κ3) is 5.17. The highest BCUT2D eigenvalue weighted by Gasteiger charge is 2.29. The van der Waals surface area contributed by atoms with Crippen LogP contribution in [0.5, 0.6) is 0 Å². The van der Waals surface area contributed by atoms with Crippen LogP contribution in [-0.2, 0) is 11.2 Å². The van der Waals surface area contributed by atoms with Gasteiger partial charge >= 0.3 is 6.03 Å². The van der Waals surface area contributed by atoms with Gasteiger partial charge in [-0.2, -0.15) is 0 Å². The van der Waals surface area contributed by atoms with Crippen molar-refractivity contribution in [3.05, 3.63) is 39.9 Å². The number of aromatic nitrogens is 2. The highest BCUT2D eigenvalue weighted by molar-refractivity contribution is 7.15. The summed E-state index contributed by atoms with van der Waals surface area (Å²) >= 11 is 7.26. The van der Waals surface area contributed by atoms with E-state index in [2.05, 4.69) is 15.5 Å². The molecule has 1 aromatic carbocycles. The molecule has 9 heteroatoms. The van der Waals surface area contributed by atoms with Crippen molar-refractivity contribution < 1.29 is 9.59 Å². The molecule has 0 radical (unpaired) electrons. The molecule has 1 saturated heterocycles. The minimum absolute atomic E-state index is 0.0614. The maximum absolute atomic E-state index is 12.6. The van der Waals surface area contributed by atoms with Crippen LogP contribution in [0.15, 0.2) is 24.3 Å². The smallest absolute Gasteiger partial charge is 0.319 e. The number of nitrogens with zero attached hydrogens (tertiary/aromatic N) is 4. The van der Waals surface area contributed by atoms with E-state index in [4.69, 9.17) is 11.6 Å². The van der Waals surface area contributed by atoms with Crippen molar-refractivity contribution in [3.8, 4) is 0 Å². The van der Waals surface area contributed by atoms with Crippen LogP contribution in [-0.4, -0.2) is 59.1 Å². The number of anilines is 1. The lowest BCUT2D eigenvalue weighted by atomic mass is 9.97. The van der Waals surface area contributed by atoms with Gasteiger partial charge in [0, 0.05) is 38.6 Å². The van der Waals surface area contributed by atoms with Crippen molar-refractivity contribution in [2.75, 3.05) is 32.5 Å². The molecule has 1 N–H and O–H groups in total. The molecule has 1 aliphatic rings. The number of nitrogens with one attached hydrogen (secondary N) is 1. The Morgan fingerprint density at radius 2 is 2.04 bits per heavy atom. The van der Waals surface area contributed by atoms with E-state index in [-0.39, 0.29) is 17.9 Å². The van der Waals surface area contributed by atoms with Crippen molar-refractivity contribution >= 4 is 40.0 Å². The molecule has 1 atom stereocenters. The van der Waals surface area contributed by atoms with E-state index >= 15 is 0 Å². The molecular weight excluding hydrogens is 386 g/mol. The molecule has 1 aromatic heterocycles. The molecule has 1 aliphatic heterocycles. The average Bonchev–Trinajstić information content (AvgIpc) is 3.09. The van der Waals surface area contributed by atoms with Gasteiger partial charge in [0.05, 0.1) is 5.92 Å². The minimum Gasteiger partial charge on any atom is -0.331 e. The summed E-state index contributed by atoms with van der Waals surface area (Å²) in [4.78, 5) is 27.9. The van der Waals surface area contributed by atoms with Crippen LogP contribution in [0.2, 0.25) is 5.02 Å². The Balaban J connectivity index is 1.57. The van der Waals surface area contributed by atoms with Gasteiger partial charge in [0.25, 0.3) is 0 Å². The summed E-state index contributed by atoms with van der Waals surface area (Å²) in [5.41, 5.74) is 1.08. The fraction of sp³-hybridized carbons (Fsp3) is 0.444. The molecule has 3 rings (SSSR count). The number of carbonyl (C=O) groups is 2. The molecule has 27 heavy (non-hydrogen) atoms. The minimum atomic E-state index is -0.230. The van der Waals surface area contributed by atoms with E-state index in [1.165, 1.54) is 16.2 Å². The number of benzene rings is 1. The molecule has 0 unspecified atom stereocenters. The quantitative estimate of drug-likeness (QED) is 0.844. The number of piperidine rings is 1. The standard InChI is InChI=1S/C18H22ClN5O2S/c1-23(2)18(26)24-9-3-4-13(11-24)16(25)20-17-22-21-15(27-17)10-12-5-7-14(19)8-6-12/h5-8,13H,3-4,9-11H2,1-2H3,(H,20,22,25)/t13-/m1/s1. The zero-order chi connectivity index (χ0) is 19.4. The highest BCUT2D eigenvalue weighted by atomic mass is 35.5. The van der Waals surface area contributed by atoms with Gasteiger partial charge in [-0.1, -0.05) is 35.1 Å². The van der Waals surface area contributed by atoms with Gasteiger partial charge in [0.15, 0.2) is 0 Å². The van der Waals surface area contributed by atoms with Crippen LogP contribution >= 0.6 is 22.9 Å². The maximum atomic E-state index is 12.6. The summed E-state index contributed by atoms with van der Waals surface area (Å²) in [6, 6.07) is 7.50. The SMILES string of the molecule is CN(C)C(=O)N1CCC[C@@H](C(=O)Nc2nnc(Cc3ccc(Cl)cc3)s2)C1. The zero-order valence-electron chi connectivity index (χ0n) is 15.3. The molecule has 0 bridgehead atoms. The molecule has 2 heterocycles. The molecule has 0 aliphatic carbocycles. The van der Waals surface area contributed by atoms with Crippen LogP contribution < -0.4 is 5.32 Å². The fourth-order valence-corrected chi connectivity index (χ4v) is 3.91. The Morgan fingerprint density at radius 1 is 1.30 bits per heavy atom. The van der Waals surface area contributed by atoms with Crippen molar-refractivity contribution in [3.63, 3.8) is 0 Å². The molecule has 1 fully saturated rings. The molecule has 0 saturated carbocycles. The Labute approximate surface area is 167 Å². The maximum Gasteiger partial charge on any atom is 0.319 e. The first-order valence-electron chi connectivity index (χ1n) is 8.76. The Hall–Kier alpha value is -2.19. The number of hydrogen-bond acceptors (Lipinski definition) is 5. The monoisotopic (exact) mass is 407 g/mol. The molecular formula is C18H22ClN5O2S. The summed E-state index contributed by atoms with van der Waals surface area (Å²) in [5, 5.41) is 13.1. The number of amides is 3. The van der Waals surface area contributed by atoms with Crippen molar-refractivity contribution in [1.29, 1.82) is 0 Å². The van der Waals surface area contributed by atoms with Gasteiger partial charge in [-0.3, -0.25) is 4.79 Å². The Morgan fingerprint density at radius 3 is 2.74 bits per heavy atom. The third-order valence-electron chi connectivity index (χ3n) is 4.41. The normalized spacial score (nSPS) is 16.9. The van der Waals surface area contributed by atoms with Crippen LogP contribution in [0, 0.1) is 5.92 Å². The van der Waals surface area contributed by atoms with Crippen LogP contribution in [0.3, 0.4) is 0 Å². The number of rotatable bonds is 4. The summed E-state index contributed by atoms with van der Waals surface area (Å²) in [5.74, 6) is -0.341. The second-order valence-electron chi connectivity index (χ2n) is 6.76. The predicted octanol–water partition coefficient (Wildman–Crippen LogP) is 3.11. The summed E-state index contributed by atoms with van der Waals surface area (Å²) < 4.78 is 0. The number of urea groups is 1. The van der Waals surface area contributed by atoms with Crippen LogP contribution in [0.1, 0.15) is 23.4 Å². The molecule has 3 amide bonds. The first kappa shape index (κ1) is 19.6.